The van der Waals surface area contributed by atoms with E-state index in [1.54, 1.807) is 12.4 Å². The van der Waals surface area contributed by atoms with E-state index in [2.05, 4.69) is 10.3 Å². The maximum atomic E-state index is 12.4. The molecule has 1 N–H and O–H groups in total. The molecule has 0 bridgehead atoms. The maximum absolute atomic E-state index is 12.4. The molecule has 0 atom stereocenters. The van der Waals surface area contributed by atoms with Crippen molar-refractivity contribution >= 4 is 23.6 Å². The van der Waals surface area contributed by atoms with E-state index in [4.69, 9.17) is 0 Å². The summed E-state index contributed by atoms with van der Waals surface area (Å²) < 4.78 is 0. The van der Waals surface area contributed by atoms with Crippen LogP contribution < -0.4 is 5.32 Å². The van der Waals surface area contributed by atoms with Gasteiger partial charge in [0.1, 0.15) is 0 Å². The molecule has 0 aliphatic carbocycles. The molecule has 1 aromatic heterocycles. The van der Waals surface area contributed by atoms with Gasteiger partial charge >= 0.3 is 0 Å². The third-order valence-electron chi connectivity index (χ3n) is 4.35. The van der Waals surface area contributed by atoms with Crippen molar-refractivity contribution in [2.45, 2.75) is 30.7 Å². The Morgan fingerprint density at radius 2 is 1.69 bits per heavy atom. The summed E-state index contributed by atoms with van der Waals surface area (Å²) in [6, 6.07) is 11.3. The minimum atomic E-state index is -0.0136. The van der Waals surface area contributed by atoms with Gasteiger partial charge in [-0.15, -0.1) is 11.8 Å². The third kappa shape index (κ3) is 5.33. The van der Waals surface area contributed by atoms with Gasteiger partial charge < -0.3 is 10.2 Å². The van der Waals surface area contributed by atoms with Crippen LogP contribution in [-0.2, 0) is 11.3 Å². The van der Waals surface area contributed by atoms with Crippen LogP contribution in [0.5, 0.6) is 0 Å². The highest BCUT2D eigenvalue weighted by Gasteiger charge is 2.17. The molecular weight excluding hydrogens is 346 g/mol. The lowest BCUT2D eigenvalue weighted by atomic mass is 10.1. The average Bonchev–Trinajstić information content (AvgIpc) is 2.72. The molecule has 5 nitrogen and oxygen atoms in total. The lowest BCUT2D eigenvalue weighted by Gasteiger charge is -2.26. The molecule has 0 unspecified atom stereocenters. The molecule has 2 heterocycles. The fourth-order valence-corrected chi connectivity index (χ4v) is 3.59. The van der Waals surface area contributed by atoms with Gasteiger partial charge in [0.15, 0.2) is 0 Å². The lowest BCUT2D eigenvalue weighted by Crippen LogP contribution is -2.35. The van der Waals surface area contributed by atoms with Gasteiger partial charge in [0.2, 0.25) is 5.91 Å². The summed E-state index contributed by atoms with van der Waals surface area (Å²) in [4.78, 5) is 31.3. The second-order valence-corrected chi connectivity index (χ2v) is 7.35. The smallest absolute Gasteiger partial charge is 0.253 e. The van der Waals surface area contributed by atoms with Crippen LogP contribution in [0, 0.1) is 0 Å². The van der Waals surface area contributed by atoms with Crippen LogP contribution in [0.25, 0.3) is 0 Å². The Kier molecular flexibility index (Phi) is 6.66. The molecule has 3 rings (SSSR count). The molecule has 0 radical (unpaired) electrons. The molecular formula is C20H23N3O2S. The van der Waals surface area contributed by atoms with Crippen molar-refractivity contribution < 1.29 is 9.59 Å². The molecule has 0 saturated carbocycles. The number of aromatic nitrogens is 1. The Labute approximate surface area is 158 Å². The van der Waals surface area contributed by atoms with Gasteiger partial charge in [0, 0.05) is 42.5 Å². The van der Waals surface area contributed by atoms with E-state index in [-0.39, 0.29) is 11.8 Å². The van der Waals surface area contributed by atoms with E-state index >= 15 is 0 Å². The SMILES string of the molecule is O=C(CSc1ccncc1)NCc1ccc(C(=O)N2CCCCC2)cc1. The average molecular weight is 369 g/mol. The highest BCUT2D eigenvalue weighted by Crippen LogP contribution is 2.16. The Hall–Kier alpha value is -2.34. The summed E-state index contributed by atoms with van der Waals surface area (Å²) in [5.74, 6) is 0.463. The van der Waals surface area contributed by atoms with Crippen LogP contribution in [-0.4, -0.2) is 40.5 Å². The number of rotatable bonds is 6. The molecule has 0 spiro atoms. The molecule has 1 saturated heterocycles. The van der Waals surface area contributed by atoms with Crippen molar-refractivity contribution in [2.24, 2.45) is 0 Å². The van der Waals surface area contributed by atoms with Crippen LogP contribution >= 0.6 is 11.8 Å². The number of benzene rings is 1. The second kappa shape index (κ2) is 9.38. The highest BCUT2D eigenvalue weighted by molar-refractivity contribution is 8.00. The number of likely N-dealkylation sites (tertiary alicyclic amines) is 1. The number of hydrogen-bond donors (Lipinski definition) is 1. The maximum Gasteiger partial charge on any atom is 0.253 e. The topological polar surface area (TPSA) is 62.3 Å². The molecule has 1 fully saturated rings. The van der Waals surface area contributed by atoms with Gasteiger partial charge in [0.05, 0.1) is 5.75 Å². The molecule has 136 valence electrons. The monoisotopic (exact) mass is 369 g/mol. The first-order chi connectivity index (χ1) is 12.7. The van der Waals surface area contributed by atoms with Gasteiger partial charge in [-0.3, -0.25) is 14.6 Å². The third-order valence-corrected chi connectivity index (χ3v) is 5.37. The number of thioether (sulfide) groups is 1. The molecule has 1 aliphatic rings. The molecule has 26 heavy (non-hydrogen) atoms. The van der Waals surface area contributed by atoms with Gasteiger partial charge in [-0.1, -0.05) is 12.1 Å². The zero-order chi connectivity index (χ0) is 18.2. The van der Waals surface area contributed by atoms with Crippen LogP contribution in [0.15, 0.2) is 53.7 Å². The first kappa shape index (κ1) is 18.5. The van der Waals surface area contributed by atoms with E-state index in [0.29, 0.717) is 12.3 Å². The number of carbonyl (C=O) groups is 2. The van der Waals surface area contributed by atoms with Crippen molar-refractivity contribution in [3.05, 3.63) is 59.9 Å². The van der Waals surface area contributed by atoms with Crippen molar-refractivity contribution in [2.75, 3.05) is 18.8 Å². The Morgan fingerprint density at radius 3 is 2.38 bits per heavy atom. The fraction of sp³-hybridized carbons (Fsp3) is 0.350. The molecule has 6 heteroatoms. The highest BCUT2D eigenvalue weighted by atomic mass is 32.2. The van der Waals surface area contributed by atoms with Crippen molar-refractivity contribution in [1.82, 2.24) is 15.2 Å². The quantitative estimate of drug-likeness (QED) is 0.795. The van der Waals surface area contributed by atoms with E-state index in [9.17, 15) is 9.59 Å². The fourth-order valence-electron chi connectivity index (χ4n) is 2.88. The molecule has 1 aliphatic heterocycles. The summed E-state index contributed by atoms with van der Waals surface area (Å²) in [5, 5.41) is 2.91. The zero-order valence-corrected chi connectivity index (χ0v) is 15.5. The minimum Gasteiger partial charge on any atom is -0.351 e. The van der Waals surface area contributed by atoms with Gasteiger partial charge in [-0.25, -0.2) is 0 Å². The second-order valence-electron chi connectivity index (χ2n) is 6.30. The van der Waals surface area contributed by atoms with Gasteiger partial charge in [0.25, 0.3) is 5.91 Å². The van der Waals surface area contributed by atoms with Gasteiger partial charge in [-0.2, -0.15) is 0 Å². The summed E-state index contributed by atoms with van der Waals surface area (Å²) in [5.41, 5.74) is 1.71. The summed E-state index contributed by atoms with van der Waals surface area (Å²) in [7, 11) is 0. The van der Waals surface area contributed by atoms with Crippen LogP contribution in [0.1, 0.15) is 35.2 Å². The predicted molar refractivity (Wildman–Crippen MR) is 103 cm³/mol. The molecule has 2 aromatic rings. The van der Waals surface area contributed by atoms with Crippen molar-refractivity contribution in [1.29, 1.82) is 0 Å². The Bertz CT molecular complexity index is 728. The van der Waals surface area contributed by atoms with E-state index in [0.717, 1.165) is 42.0 Å². The first-order valence-corrected chi connectivity index (χ1v) is 9.89. The van der Waals surface area contributed by atoms with Crippen molar-refractivity contribution in [3.8, 4) is 0 Å². The largest absolute Gasteiger partial charge is 0.351 e. The number of carbonyl (C=O) groups excluding carboxylic acids is 2. The summed E-state index contributed by atoms with van der Waals surface area (Å²) in [6.45, 7) is 2.17. The van der Waals surface area contributed by atoms with E-state index in [1.165, 1.54) is 18.2 Å². The number of pyridine rings is 1. The Morgan fingerprint density at radius 1 is 1.00 bits per heavy atom. The molecule has 2 amide bonds. The number of amides is 2. The van der Waals surface area contributed by atoms with E-state index in [1.807, 2.05) is 41.3 Å². The number of nitrogens with zero attached hydrogens (tertiary/aromatic N) is 2. The summed E-state index contributed by atoms with van der Waals surface area (Å²) >= 11 is 1.48. The normalized spacial score (nSPS) is 14.1. The number of nitrogens with one attached hydrogen (secondary N) is 1. The lowest BCUT2D eigenvalue weighted by molar-refractivity contribution is -0.118. The zero-order valence-electron chi connectivity index (χ0n) is 14.7. The Balaban J connectivity index is 1.45. The standard InChI is InChI=1S/C20H23N3O2S/c24-19(15-26-18-8-10-21-11-9-18)22-14-16-4-6-17(7-5-16)20(25)23-12-2-1-3-13-23/h4-11H,1-3,12-15H2,(H,22,24). The molecule has 1 aromatic carbocycles. The van der Waals surface area contributed by atoms with Gasteiger partial charge in [-0.05, 0) is 49.1 Å². The number of hydrogen-bond acceptors (Lipinski definition) is 4. The van der Waals surface area contributed by atoms with Crippen LogP contribution in [0.3, 0.4) is 0 Å². The minimum absolute atomic E-state index is 0.0136. The van der Waals surface area contributed by atoms with Crippen LogP contribution in [0.4, 0.5) is 0 Å². The number of piperidine rings is 1. The first-order valence-electron chi connectivity index (χ1n) is 8.90. The predicted octanol–water partition coefficient (Wildman–Crippen LogP) is 3.12. The van der Waals surface area contributed by atoms with E-state index < -0.39 is 0 Å². The summed E-state index contributed by atoms with van der Waals surface area (Å²) in [6.07, 6.45) is 6.82. The van der Waals surface area contributed by atoms with Crippen LogP contribution in [0.2, 0.25) is 0 Å². The van der Waals surface area contributed by atoms with Crippen molar-refractivity contribution in [3.63, 3.8) is 0 Å².